The second-order valence-corrected chi connectivity index (χ2v) is 10.3. The van der Waals surface area contributed by atoms with Crippen molar-refractivity contribution in [2.45, 2.75) is 44.9 Å². The standard InChI is InChI=1S/C31H32ClN3O6/c1-3-20(21-7-9-22(10-8-21)31(38)39)18-29(36)35-19-26(34-41-28-6-4-5-15-33-28)13-11-23(30(35)37)16-24-17-25(32)12-14-27(24)40-2/h4-10,12,14-15,17,20,23H,3,11,13,16,18-19H2,1-2H3,(H,38,39)/b34-26+/t20-,23?/m0/s1. The van der Waals surface area contributed by atoms with Gasteiger partial charge in [-0.2, -0.15) is 0 Å². The smallest absolute Gasteiger partial charge is 0.335 e. The van der Waals surface area contributed by atoms with Crippen LogP contribution in [0.1, 0.15) is 60.0 Å². The lowest BCUT2D eigenvalue weighted by Crippen LogP contribution is -2.42. The van der Waals surface area contributed by atoms with Crippen molar-refractivity contribution in [3.05, 3.63) is 88.6 Å². The first-order chi connectivity index (χ1) is 19.8. The van der Waals surface area contributed by atoms with E-state index in [-0.39, 0.29) is 36.3 Å². The van der Waals surface area contributed by atoms with Crippen molar-refractivity contribution in [2.24, 2.45) is 11.1 Å². The molecule has 0 radical (unpaired) electrons. The van der Waals surface area contributed by atoms with Crippen LogP contribution in [0.4, 0.5) is 0 Å². The molecule has 4 rings (SSSR count). The van der Waals surface area contributed by atoms with Crippen LogP contribution in [0.5, 0.6) is 11.6 Å². The molecule has 1 saturated heterocycles. The van der Waals surface area contributed by atoms with Crippen molar-refractivity contribution < 1.29 is 29.1 Å². The van der Waals surface area contributed by atoms with Crippen LogP contribution in [-0.4, -0.2) is 52.1 Å². The molecule has 2 heterocycles. The summed E-state index contributed by atoms with van der Waals surface area (Å²) in [6, 6.07) is 17.0. The van der Waals surface area contributed by atoms with Gasteiger partial charge in [-0.05, 0) is 79.1 Å². The number of aromatic nitrogens is 1. The Kier molecular flexibility index (Phi) is 10.1. The molecular weight excluding hydrogens is 546 g/mol. The molecule has 10 heteroatoms. The average molecular weight is 578 g/mol. The number of ether oxygens (including phenoxy) is 1. The molecule has 2 aromatic carbocycles. The van der Waals surface area contributed by atoms with E-state index < -0.39 is 11.9 Å². The molecular formula is C31H32ClN3O6. The van der Waals surface area contributed by atoms with Gasteiger partial charge in [0.2, 0.25) is 17.7 Å². The molecule has 1 unspecified atom stereocenters. The van der Waals surface area contributed by atoms with Crippen molar-refractivity contribution >= 4 is 35.1 Å². The minimum absolute atomic E-state index is 0.00205. The first-order valence-corrected chi connectivity index (χ1v) is 13.8. The number of benzene rings is 2. The maximum Gasteiger partial charge on any atom is 0.335 e. The summed E-state index contributed by atoms with van der Waals surface area (Å²) in [6.45, 7) is 1.96. The van der Waals surface area contributed by atoms with Crippen LogP contribution >= 0.6 is 11.6 Å². The number of rotatable bonds is 10. The summed E-state index contributed by atoms with van der Waals surface area (Å²) >= 11 is 6.24. The third-order valence-corrected chi connectivity index (χ3v) is 7.43. The lowest BCUT2D eigenvalue weighted by atomic mass is 9.91. The van der Waals surface area contributed by atoms with Crippen LogP contribution in [0.25, 0.3) is 0 Å². The monoisotopic (exact) mass is 577 g/mol. The van der Waals surface area contributed by atoms with Crippen molar-refractivity contribution in [3.8, 4) is 11.6 Å². The highest BCUT2D eigenvalue weighted by Gasteiger charge is 2.35. The van der Waals surface area contributed by atoms with E-state index in [0.29, 0.717) is 48.0 Å². The number of aromatic carboxylic acids is 1. The van der Waals surface area contributed by atoms with Crippen LogP contribution in [-0.2, 0) is 16.0 Å². The summed E-state index contributed by atoms with van der Waals surface area (Å²) in [4.78, 5) is 49.8. The highest BCUT2D eigenvalue weighted by Crippen LogP contribution is 2.30. The predicted octanol–water partition coefficient (Wildman–Crippen LogP) is 5.77. The molecule has 1 aliphatic heterocycles. The lowest BCUT2D eigenvalue weighted by molar-refractivity contribution is -0.146. The fourth-order valence-corrected chi connectivity index (χ4v) is 5.10. The van der Waals surface area contributed by atoms with Gasteiger partial charge in [-0.3, -0.25) is 14.5 Å². The van der Waals surface area contributed by atoms with Crippen LogP contribution in [0.2, 0.25) is 5.02 Å². The zero-order valence-corrected chi connectivity index (χ0v) is 23.7. The van der Waals surface area contributed by atoms with Gasteiger partial charge in [0.05, 0.1) is 24.9 Å². The molecule has 2 amide bonds. The summed E-state index contributed by atoms with van der Waals surface area (Å²) in [5.74, 6) is -1.42. The number of likely N-dealkylation sites (tertiary alicyclic amines) is 1. The number of oxime groups is 1. The van der Waals surface area contributed by atoms with Gasteiger partial charge in [0, 0.05) is 29.6 Å². The normalized spacial score (nSPS) is 17.1. The molecule has 1 aromatic heterocycles. The first kappa shape index (κ1) is 29.7. The number of carbonyl (C=O) groups excluding carboxylic acids is 2. The minimum Gasteiger partial charge on any atom is -0.496 e. The number of hydrogen-bond donors (Lipinski definition) is 1. The fourth-order valence-electron chi connectivity index (χ4n) is 4.90. The van der Waals surface area contributed by atoms with E-state index in [2.05, 4.69) is 10.1 Å². The molecule has 41 heavy (non-hydrogen) atoms. The van der Waals surface area contributed by atoms with Crippen LogP contribution in [0.15, 0.2) is 72.0 Å². The Morgan fingerprint density at radius 2 is 1.95 bits per heavy atom. The Hall–Kier alpha value is -4.24. The number of carboxylic acids is 1. The lowest BCUT2D eigenvalue weighted by Gasteiger charge is -2.25. The number of halogens is 1. The van der Waals surface area contributed by atoms with Crippen LogP contribution < -0.4 is 9.57 Å². The Balaban J connectivity index is 1.59. The molecule has 1 fully saturated rings. The van der Waals surface area contributed by atoms with E-state index >= 15 is 0 Å². The van der Waals surface area contributed by atoms with Gasteiger partial charge in [-0.25, -0.2) is 9.78 Å². The maximum atomic E-state index is 13.9. The molecule has 0 bridgehead atoms. The summed E-state index contributed by atoms with van der Waals surface area (Å²) in [6.07, 6.45) is 3.54. The molecule has 214 valence electrons. The third kappa shape index (κ3) is 7.70. The number of carboxylic acid groups (broad SMARTS) is 1. The van der Waals surface area contributed by atoms with Crippen LogP contribution in [0, 0.1) is 5.92 Å². The van der Waals surface area contributed by atoms with Gasteiger partial charge >= 0.3 is 5.97 Å². The SMILES string of the molecule is CC[C@@H](CC(=O)N1C/C(=N/Oc2ccccn2)CCC(Cc2cc(Cl)ccc2OC)C1=O)c1ccc(C(=O)O)cc1. The Morgan fingerprint density at radius 1 is 1.17 bits per heavy atom. The quantitative estimate of drug-likeness (QED) is 0.304. The Bertz CT molecular complexity index is 1410. The molecule has 3 aromatic rings. The van der Waals surface area contributed by atoms with Gasteiger partial charge < -0.3 is 14.7 Å². The van der Waals surface area contributed by atoms with Crippen molar-refractivity contribution in [1.82, 2.24) is 9.88 Å². The highest BCUT2D eigenvalue weighted by molar-refractivity contribution is 6.30. The molecule has 0 saturated carbocycles. The number of carbonyl (C=O) groups is 3. The Labute approximate surface area is 243 Å². The van der Waals surface area contributed by atoms with Gasteiger partial charge in [0.25, 0.3) is 0 Å². The van der Waals surface area contributed by atoms with E-state index in [0.717, 1.165) is 11.1 Å². The number of nitrogens with zero attached hydrogens (tertiary/aromatic N) is 3. The summed E-state index contributed by atoms with van der Waals surface area (Å²) in [5.41, 5.74) is 2.34. The number of imide groups is 1. The average Bonchev–Trinajstić information content (AvgIpc) is 3.14. The minimum atomic E-state index is -1.02. The summed E-state index contributed by atoms with van der Waals surface area (Å²) < 4.78 is 5.49. The van der Waals surface area contributed by atoms with Gasteiger partial charge in [0.1, 0.15) is 5.75 Å². The van der Waals surface area contributed by atoms with Crippen LogP contribution in [0.3, 0.4) is 0 Å². The summed E-state index contributed by atoms with van der Waals surface area (Å²) in [5, 5.41) is 14.0. The van der Waals surface area contributed by atoms with E-state index in [1.54, 1.807) is 61.8 Å². The maximum absolute atomic E-state index is 13.9. The fraction of sp³-hybridized carbons (Fsp3) is 0.323. The third-order valence-electron chi connectivity index (χ3n) is 7.20. The number of pyridine rings is 1. The largest absolute Gasteiger partial charge is 0.496 e. The number of hydrogen-bond acceptors (Lipinski definition) is 7. The van der Waals surface area contributed by atoms with E-state index in [9.17, 15) is 19.5 Å². The van der Waals surface area contributed by atoms with Gasteiger partial charge in [-0.1, -0.05) is 41.9 Å². The highest BCUT2D eigenvalue weighted by atomic mass is 35.5. The predicted molar refractivity (Wildman–Crippen MR) is 155 cm³/mol. The molecule has 0 aliphatic carbocycles. The van der Waals surface area contributed by atoms with E-state index in [1.165, 1.54) is 17.0 Å². The Morgan fingerprint density at radius 3 is 2.61 bits per heavy atom. The number of methoxy groups -OCH3 is 1. The van der Waals surface area contributed by atoms with Crippen molar-refractivity contribution in [1.29, 1.82) is 0 Å². The van der Waals surface area contributed by atoms with Gasteiger partial charge in [-0.15, -0.1) is 0 Å². The zero-order valence-electron chi connectivity index (χ0n) is 23.0. The molecule has 0 spiro atoms. The van der Waals surface area contributed by atoms with E-state index in [4.69, 9.17) is 21.2 Å². The molecule has 2 atom stereocenters. The first-order valence-electron chi connectivity index (χ1n) is 13.4. The zero-order chi connectivity index (χ0) is 29.4. The summed E-state index contributed by atoms with van der Waals surface area (Å²) in [7, 11) is 1.56. The molecule has 9 nitrogen and oxygen atoms in total. The second kappa shape index (κ2) is 13.9. The topological polar surface area (TPSA) is 118 Å². The van der Waals surface area contributed by atoms with Crippen molar-refractivity contribution in [3.63, 3.8) is 0 Å². The van der Waals surface area contributed by atoms with Gasteiger partial charge in [0.15, 0.2) is 0 Å². The molecule has 1 N–H and O–H groups in total. The van der Waals surface area contributed by atoms with Crippen molar-refractivity contribution in [2.75, 3.05) is 13.7 Å². The molecule has 1 aliphatic rings. The second-order valence-electron chi connectivity index (χ2n) is 9.87. The van der Waals surface area contributed by atoms with E-state index in [1.807, 2.05) is 6.92 Å². The number of amides is 2.